The molecular formula is C21H28N4O3. The van der Waals surface area contributed by atoms with Gasteiger partial charge in [-0.15, -0.1) is 0 Å². The zero-order chi connectivity index (χ0) is 20.5. The highest BCUT2D eigenvalue weighted by molar-refractivity contribution is 5.96. The lowest BCUT2D eigenvalue weighted by Gasteiger charge is -2.21. The van der Waals surface area contributed by atoms with Crippen molar-refractivity contribution in [2.75, 3.05) is 25.0 Å². The zero-order valence-electron chi connectivity index (χ0n) is 17.0. The van der Waals surface area contributed by atoms with Crippen molar-refractivity contribution in [2.45, 2.75) is 40.5 Å². The number of carbonyl (C=O) groups is 2. The van der Waals surface area contributed by atoms with Gasteiger partial charge in [0.2, 0.25) is 5.95 Å². The van der Waals surface area contributed by atoms with E-state index in [2.05, 4.69) is 15.3 Å². The normalized spacial score (nSPS) is 10.4. The molecule has 0 fully saturated rings. The highest BCUT2D eigenvalue weighted by Gasteiger charge is 2.18. The summed E-state index contributed by atoms with van der Waals surface area (Å²) in [5.41, 5.74) is 1.93. The number of benzene rings is 1. The van der Waals surface area contributed by atoms with Crippen LogP contribution in [0.25, 0.3) is 0 Å². The molecule has 0 saturated heterocycles. The van der Waals surface area contributed by atoms with Crippen LogP contribution in [0.3, 0.4) is 0 Å². The molecule has 0 unspecified atom stereocenters. The number of carbonyl (C=O) groups excluding carboxylic acids is 2. The van der Waals surface area contributed by atoms with Gasteiger partial charge in [0.05, 0.1) is 17.9 Å². The van der Waals surface area contributed by atoms with Gasteiger partial charge in [-0.2, -0.15) is 0 Å². The number of amides is 1. The molecule has 7 heteroatoms. The standard InChI is InChI=1S/C21H28N4O3/c1-5-12-25(13-6-2)19(26)18-14-15(4)22-21(24-18)23-17-11-9-8-10-16(17)20(27)28-7-3/h8-11,14H,5-7,12-13H2,1-4H3,(H,22,23,24). The van der Waals surface area contributed by atoms with Gasteiger partial charge in [0.1, 0.15) is 5.69 Å². The molecule has 0 aliphatic heterocycles. The maximum absolute atomic E-state index is 12.9. The zero-order valence-corrected chi connectivity index (χ0v) is 17.0. The highest BCUT2D eigenvalue weighted by atomic mass is 16.5. The first-order valence-corrected chi connectivity index (χ1v) is 9.68. The first kappa shape index (κ1) is 21.3. The molecule has 0 spiro atoms. The molecule has 0 aliphatic carbocycles. The number of aromatic nitrogens is 2. The predicted molar refractivity (Wildman–Crippen MR) is 109 cm³/mol. The Hall–Kier alpha value is -2.96. The molecule has 0 aliphatic rings. The molecule has 0 atom stereocenters. The number of anilines is 2. The summed E-state index contributed by atoms with van der Waals surface area (Å²) < 4.78 is 5.10. The van der Waals surface area contributed by atoms with Crippen LogP contribution in [-0.2, 0) is 4.74 Å². The van der Waals surface area contributed by atoms with Gasteiger partial charge in [0.25, 0.3) is 5.91 Å². The van der Waals surface area contributed by atoms with E-state index >= 15 is 0 Å². The fourth-order valence-corrected chi connectivity index (χ4v) is 2.85. The summed E-state index contributed by atoms with van der Waals surface area (Å²) in [6, 6.07) is 8.67. The Morgan fingerprint density at radius 2 is 1.75 bits per heavy atom. The van der Waals surface area contributed by atoms with Crippen molar-refractivity contribution in [3.63, 3.8) is 0 Å². The third-order valence-corrected chi connectivity index (χ3v) is 4.02. The molecule has 0 bridgehead atoms. The molecule has 2 aromatic rings. The van der Waals surface area contributed by atoms with Crippen LogP contribution in [0.4, 0.5) is 11.6 Å². The monoisotopic (exact) mass is 384 g/mol. The van der Waals surface area contributed by atoms with Gasteiger partial charge < -0.3 is 15.0 Å². The average molecular weight is 384 g/mol. The molecule has 0 radical (unpaired) electrons. The Bertz CT molecular complexity index is 817. The van der Waals surface area contributed by atoms with E-state index in [1.807, 2.05) is 20.8 Å². The van der Waals surface area contributed by atoms with Crippen LogP contribution < -0.4 is 5.32 Å². The van der Waals surface area contributed by atoms with E-state index in [0.717, 1.165) is 12.8 Å². The minimum absolute atomic E-state index is 0.115. The number of aryl methyl sites for hydroxylation is 1. The van der Waals surface area contributed by atoms with Crippen molar-refractivity contribution in [3.05, 3.63) is 47.3 Å². The van der Waals surface area contributed by atoms with E-state index in [-0.39, 0.29) is 18.5 Å². The number of hydrogen-bond acceptors (Lipinski definition) is 6. The van der Waals surface area contributed by atoms with Crippen molar-refractivity contribution >= 4 is 23.5 Å². The smallest absolute Gasteiger partial charge is 0.340 e. The van der Waals surface area contributed by atoms with E-state index in [4.69, 9.17) is 4.74 Å². The Kier molecular flexibility index (Phi) is 7.92. The molecule has 150 valence electrons. The van der Waals surface area contributed by atoms with Crippen LogP contribution in [-0.4, -0.2) is 46.4 Å². The molecule has 1 amide bonds. The largest absolute Gasteiger partial charge is 0.462 e. The van der Waals surface area contributed by atoms with Crippen molar-refractivity contribution in [1.82, 2.24) is 14.9 Å². The minimum Gasteiger partial charge on any atom is -0.462 e. The lowest BCUT2D eigenvalue weighted by atomic mass is 10.2. The van der Waals surface area contributed by atoms with Crippen LogP contribution in [0, 0.1) is 6.92 Å². The van der Waals surface area contributed by atoms with Crippen molar-refractivity contribution in [2.24, 2.45) is 0 Å². The second-order valence-corrected chi connectivity index (χ2v) is 6.40. The topological polar surface area (TPSA) is 84.4 Å². The lowest BCUT2D eigenvalue weighted by molar-refractivity contribution is 0.0527. The number of esters is 1. The third-order valence-electron chi connectivity index (χ3n) is 4.02. The summed E-state index contributed by atoms with van der Waals surface area (Å²) in [4.78, 5) is 35.6. The maximum atomic E-state index is 12.9. The fraction of sp³-hybridized carbons (Fsp3) is 0.429. The van der Waals surface area contributed by atoms with Gasteiger partial charge in [-0.25, -0.2) is 14.8 Å². The number of ether oxygens (including phenoxy) is 1. The van der Waals surface area contributed by atoms with Crippen molar-refractivity contribution in [1.29, 1.82) is 0 Å². The summed E-state index contributed by atoms with van der Waals surface area (Å²) in [7, 11) is 0. The molecular weight excluding hydrogens is 356 g/mol. The summed E-state index contributed by atoms with van der Waals surface area (Å²) in [6.45, 7) is 9.31. The molecule has 1 aromatic carbocycles. The van der Waals surface area contributed by atoms with Gasteiger partial charge in [-0.05, 0) is 44.9 Å². The second-order valence-electron chi connectivity index (χ2n) is 6.40. The first-order valence-electron chi connectivity index (χ1n) is 9.68. The van der Waals surface area contributed by atoms with Gasteiger partial charge in [-0.1, -0.05) is 26.0 Å². The molecule has 1 heterocycles. The second kappa shape index (κ2) is 10.4. The van der Waals surface area contributed by atoms with E-state index in [0.29, 0.717) is 35.7 Å². The van der Waals surface area contributed by atoms with Crippen LogP contribution in [0.1, 0.15) is 60.2 Å². The predicted octanol–water partition coefficient (Wildman–Crippen LogP) is 3.97. The van der Waals surface area contributed by atoms with Gasteiger partial charge in [0.15, 0.2) is 0 Å². The maximum Gasteiger partial charge on any atom is 0.340 e. The van der Waals surface area contributed by atoms with Crippen LogP contribution in [0.15, 0.2) is 30.3 Å². The fourth-order valence-electron chi connectivity index (χ4n) is 2.85. The Morgan fingerprint density at radius 3 is 2.39 bits per heavy atom. The van der Waals surface area contributed by atoms with Crippen LogP contribution in [0.2, 0.25) is 0 Å². The molecule has 1 aromatic heterocycles. The third kappa shape index (κ3) is 5.52. The molecule has 7 nitrogen and oxygen atoms in total. The van der Waals surface area contributed by atoms with Crippen LogP contribution >= 0.6 is 0 Å². The lowest BCUT2D eigenvalue weighted by Crippen LogP contribution is -2.33. The quantitative estimate of drug-likeness (QED) is 0.659. The molecule has 2 rings (SSSR count). The average Bonchev–Trinajstić information content (AvgIpc) is 2.67. The summed E-state index contributed by atoms with van der Waals surface area (Å²) >= 11 is 0. The van der Waals surface area contributed by atoms with Gasteiger partial charge in [-0.3, -0.25) is 4.79 Å². The van der Waals surface area contributed by atoms with E-state index < -0.39 is 5.97 Å². The Balaban J connectivity index is 2.32. The Labute approximate surface area is 166 Å². The summed E-state index contributed by atoms with van der Waals surface area (Å²) in [5, 5.41) is 3.06. The molecule has 0 saturated carbocycles. The molecule has 28 heavy (non-hydrogen) atoms. The SMILES string of the molecule is CCCN(CCC)C(=O)c1cc(C)nc(Nc2ccccc2C(=O)OCC)n1. The first-order chi connectivity index (χ1) is 13.5. The summed E-state index contributed by atoms with van der Waals surface area (Å²) in [6.07, 6.45) is 1.77. The number of rotatable bonds is 9. The van der Waals surface area contributed by atoms with E-state index in [9.17, 15) is 9.59 Å². The number of nitrogens with one attached hydrogen (secondary N) is 1. The van der Waals surface area contributed by atoms with E-state index in [1.165, 1.54) is 0 Å². The van der Waals surface area contributed by atoms with Gasteiger partial charge >= 0.3 is 5.97 Å². The van der Waals surface area contributed by atoms with E-state index in [1.54, 1.807) is 42.2 Å². The highest BCUT2D eigenvalue weighted by Crippen LogP contribution is 2.20. The van der Waals surface area contributed by atoms with Crippen molar-refractivity contribution in [3.8, 4) is 0 Å². The Morgan fingerprint density at radius 1 is 1.07 bits per heavy atom. The van der Waals surface area contributed by atoms with Crippen LogP contribution in [0.5, 0.6) is 0 Å². The van der Waals surface area contributed by atoms with Crippen molar-refractivity contribution < 1.29 is 14.3 Å². The summed E-state index contributed by atoms with van der Waals surface area (Å²) in [5.74, 6) is -0.268. The number of para-hydroxylation sites is 1. The molecule has 1 N–H and O–H groups in total. The minimum atomic E-state index is -0.424. The number of nitrogens with zero attached hydrogens (tertiary/aromatic N) is 3. The van der Waals surface area contributed by atoms with Gasteiger partial charge in [0, 0.05) is 18.8 Å². The number of hydrogen-bond donors (Lipinski definition) is 1.